The fraction of sp³-hybridized carbons (Fsp3) is 0.923. The zero-order valence-electron chi connectivity index (χ0n) is 11.1. The Balaban J connectivity index is 1.96. The third-order valence-electron chi connectivity index (χ3n) is 3.45. The average molecular weight is 242 g/mol. The fourth-order valence-electron chi connectivity index (χ4n) is 1.96. The van der Waals surface area contributed by atoms with E-state index >= 15 is 0 Å². The van der Waals surface area contributed by atoms with Crippen LogP contribution in [0.2, 0.25) is 0 Å². The van der Waals surface area contributed by atoms with Crippen molar-refractivity contribution in [3.05, 3.63) is 0 Å². The van der Waals surface area contributed by atoms with Gasteiger partial charge in [-0.2, -0.15) is 0 Å². The van der Waals surface area contributed by atoms with Crippen molar-refractivity contribution in [1.29, 1.82) is 0 Å². The minimum absolute atomic E-state index is 0.0855. The van der Waals surface area contributed by atoms with E-state index in [4.69, 9.17) is 4.74 Å². The number of hydrogen-bond donors (Lipinski definition) is 2. The van der Waals surface area contributed by atoms with Crippen molar-refractivity contribution < 1.29 is 9.53 Å². The second-order valence-electron chi connectivity index (χ2n) is 4.90. The van der Waals surface area contributed by atoms with Crippen LogP contribution in [0.3, 0.4) is 0 Å². The maximum absolute atomic E-state index is 11.7. The number of nitrogens with one attached hydrogen (secondary N) is 2. The summed E-state index contributed by atoms with van der Waals surface area (Å²) in [4.78, 5) is 11.7. The van der Waals surface area contributed by atoms with Gasteiger partial charge in [-0.1, -0.05) is 19.3 Å². The molecule has 0 radical (unpaired) electrons. The lowest BCUT2D eigenvalue weighted by atomic mass is 9.83. The van der Waals surface area contributed by atoms with E-state index in [2.05, 4.69) is 10.6 Å². The van der Waals surface area contributed by atoms with Crippen LogP contribution in [0.15, 0.2) is 0 Å². The number of methoxy groups -OCH3 is 1. The Morgan fingerprint density at radius 1 is 1.41 bits per heavy atom. The molecule has 1 aliphatic carbocycles. The van der Waals surface area contributed by atoms with Crippen LogP contribution in [-0.4, -0.2) is 38.8 Å². The molecule has 0 spiro atoms. The third-order valence-corrected chi connectivity index (χ3v) is 3.45. The normalized spacial score (nSPS) is 17.5. The van der Waals surface area contributed by atoms with Crippen molar-refractivity contribution >= 4 is 5.91 Å². The van der Waals surface area contributed by atoms with Crippen molar-refractivity contribution in [2.75, 3.05) is 26.8 Å². The Morgan fingerprint density at radius 2 is 2.18 bits per heavy atom. The minimum atomic E-state index is -0.0855. The van der Waals surface area contributed by atoms with Crippen LogP contribution >= 0.6 is 0 Å². The molecule has 100 valence electrons. The van der Waals surface area contributed by atoms with Gasteiger partial charge in [0.1, 0.15) is 0 Å². The van der Waals surface area contributed by atoms with Gasteiger partial charge in [0.2, 0.25) is 5.91 Å². The van der Waals surface area contributed by atoms with E-state index in [1.807, 2.05) is 6.92 Å². The highest BCUT2D eigenvalue weighted by Gasteiger charge is 2.17. The molecule has 1 fully saturated rings. The molecular formula is C13H26N2O2. The largest absolute Gasteiger partial charge is 0.385 e. The van der Waals surface area contributed by atoms with Gasteiger partial charge in [0.15, 0.2) is 0 Å². The summed E-state index contributed by atoms with van der Waals surface area (Å²) in [5.41, 5.74) is 0. The molecule has 1 unspecified atom stereocenters. The molecule has 0 saturated heterocycles. The van der Waals surface area contributed by atoms with Crippen molar-refractivity contribution in [3.63, 3.8) is 0 Å². The lowest BCUT2D eigenvalue weighted by Gasteiger charge is -2.25. The van der Waals surface area contributed by atoms with Crippen LogP contribution in [0.4, 0.5) is 0 Å². The van der Waals surface area contributed by atoms with Crippen LogP contribution in [0, 0.1) is 5.92 Å². The van der Waals surface area contributed by atoms with Crippen LogP contribution in [0.1, 0.15) is 39.0 Å². The third kappa shape index (κ3) is 6.03. The summed E-state index contributed by atoms with van der Waals surface area (Å²) >= 11 is 0. The molecule has 0 bridgehead atoms. The van der Waals surface area contributed by atoms with Crippen molar-refractivity contribution in [3.8, 4) is 0 Å². The Morgan fingerprint density at radius 3 is 2.76 bits per heavy atom. The Labute approximate surface area is 104 Å². The Bertz CT molecular complexity index is 217. The molecule has 0 aromatic heterocycles. The van der Waals surface area contributed by atoms with Gasteiger partial charge in [-0.05, 0) is 32.2 Å². The van der Waals surface area contributed by atoms with E-state index in [1.54, 1.807) is 7.11 Å². The molecule has 17 heavy (non-hydrogen) atoms. The maximum atomic E-state index is 11.7. The van der Waals surface area contributed by atoms with Crippen LogP contribution in [0.5, 0.6) is 0 Å². The first-order valence-electron chi connectivity index (χ1n) is 6.74. The van der Waals surface area contributed by atoms with Crippen LogP contribution in [0.25, 0.3) is 0 Å². The summed E-state index contributed by atoms with van der Waals surface area (Å²) in [7, 11) is 1.67. The standard InChI is InChI=1S/C13H26N2O2/c1-11(13(16)15-8-4-10-17-2)14-9-7-12-5-3-6-12/h11-12,14H,3-10H2,1-2H3,(H,15,16). The lowest BCUT2D eigenvalue weighted by molar-refractivity contribution is -0.122. The van der Waals surface area contributed by atoms with Gasteiger partial charge in [0.25, 0.3) is 0 Å². The van der Waals surface area contributed by atoms with E-state index < -0.39 is 0 Å². The summed E-state index contributed by atoms with van der Waals surface area (Å²) in [6.07, 6.45) is 6.22. The van der Waals surface area contributed by atoms with Crippen LogP contribution in [-0.2, 0) is 9.53 Å². The Hall–Kier alpha value is -0.610. The smallest absolute Gasteiger partial charge is 0.236 e. The first-order chi connectivity index (χ1) is 8.24. The molecule has 1 amide bonds. The number of amides is 1. The van der Waals surface area contributed by atoms with Gasteiger partial charge in [-0.3, -0.25) is 4.79 Å². The summed E-state index contributed by atoms with van der Waals surface area (Å²) in [6.45, 7) is 4.27. The minimum Gasteiger partial charge on any atom is -0.385 e. The van der Waals surface area contributed by atoms with Gasteiger partial charge in [0.05, 0.1) is 6.04 Å². The average Bonchev–Trinajstić information content (AvgIpc) is 2.27. The van der Waals surface area contributed by atoms with Crippen molar-refractivity contribution in [2.45, 2.75) is 45.1 Å². The highest BCUT2D eigenvalue weighted by molar-refractivity contribution is 5.81. The molecule has 2 N–H and O–H groups in total. The molecule has 1 aliphatic rings. The van der Waals surface area contributed by atoms with E-state index in [9.17, 15) is 4.79 Å². The highest BCUT2D eigenvalue weighted by atomic mass is 16.5. The maximum Gasteiger partial charge on any atom is 0.236 e. The topological polar surface area (TPSA) is 50.4 Å². The number of ether oxygens (including phenoxy) is 1. The molecule has 0 heterocycles. The molecule has 4 nitrogen and oxygen atoms in total. The molecular weight excluding hydrogens is 216 g/mol. The van der Waals surface area contributed by atoms with Gasteiger partial charge in [-0.25, -0.2) is 0 Å². The first kappa shape index (κ1) is 14.5. The monoisotopic (exact) mass is 242 g/mol. The Kier molecular flexibility index (Phi) is 7.21. The predicted molar refractivity (Wildman–Crippen MR) is 68.9 cm³/mol. The van der Waals surface area contributed by atoms with Gasteiger partial charge in [-0.15, -0.1) is 0 Å². The number of hydrogen-bond acceptors (Lipinski definition) is 3. The van der Waals surface area contributed by atoms with Gasteiger partial charge >= 0.3 is 0 Å². The fourth-order valence-corrected chi connectivity index (χ4v) is 1.96. The van der Waals surface area contributed by atoms with Crippen molar-refractivity contribution in [2.24, 2.45) is 5.92 Å². The second kappa shape index (κ2) is 8.48. The molecule has 1 saturated carbocycles. The molecule has 0 aliphatic heterocycles. The zero-order chi connectivity index (χ0) is 12.5. The summed E-state index contributed by atoms with van der Waals surface area (Å²) in [5.74, 6) is 0.995. The van der Waals surface area contributed by atoms with E-state index in [0.717, 1.165) is 18.9 Å². The van der Waals surface area contributed by atoms with E-state index in [0.29, 0.717) is 13.2 Å². The lowest BCUT2D eigenvalue weighted by Crippen LogP contribution is -2.43. The molecule has 1 rings (SSSR count). The number of rotatable bonds is 9. The van der Waals surface area contributed by atoms with Gasteiger partial charge < -0.3 is 15.4 Å². The molecule has 4 heteroatoms. The number of carbonyl (C=O) groups excluding carboxylic acids is 1. The van der Waals surface area contributed by atoms with Crippen molar-refractivity contribution in [1.82, 2.24) is 10.6 Å². The summed E-state index contributed by atoms with van der Waals surface area (Å²) < 4.78 is 4.93. The van der Waals surface area contributed by atoms with Crippen LogP contribution < -0.4 is 10.6 Å². The first-order valence-corrected chi connectivity index (χ1v) is 6.74. The summed E-state index contributed by atoms with van der Waals surface area (Å²) in [6, 6.07) is -0.0855. The predicted octanol–water partition coefficient (Wildman–Crippen LogP) is 1.31. The molecule has 0 aromatic rings. The molecule has 0 aromatic carbocycles. The summed E-state index contributed by atoms with van der Waals surface area (Å²) in [5, 5.41) is 6.18. The highest BCUT2D eigenvalue weighted by Crippen LogP contribution is 2.28. The zero-order valence-corrected chi connectivity index (χ0v) is 11.1. The van der Waals surface area contributed by atoms with Gasteiger partial charge in [0, 0.05) is 20.3 Å². The quantitative estimate of drug-likeness (QED) is 0.599. The SMILES string of the molecule is COCCCNC(=O)C(C)NCCC1CCC1. The molecule has 1 atom stereocenters. The second-order valence-corrected chi connectivity index (χ2v) is 4.90. The van der Waals surface area contributed by atoms with E-state index in [-0.39, 0.29) is 11.9 Å². The number of carbonyl (C=O) groups is 1. The van der Waals surface area contributed by atoms with E-state index in [1.165, 1.54) is 25.7 Å².